The van der Waals surface area contributed by atoms with Gasteiger partial charge in [0.2, 0.25) is 0 Å². The average molecular weight is 383 g/mol. The minimum absolute atomic E-state index is 0.103. The molecule has 0 N–H and O–H groups in total. The summed E-state index contributed by atoms with van der Waals surface area (Å²) >= 11 is 6.37. The summed E-state index contributed by atoms with van der Waals surface area (Å²) in [4.78, 5) is 0. The third kappa shape index (κ3) is 8.67. The van der Waals surface area contributed by atoms with Crippen molar-refractivity contribution in [2.24, 2.45) is 11.8 Å². The summed E-state index contributed by atoms with van der Waals surface area (Å²) in [6.07, 6.45) is 9.57. The van der Waals surface area contributed by atoms with Crippen molar-refractivity contribution in [3.8, 4) is 0 Å². The third-order valence-corrected chi connectivity index (χ3v) is 6.73. The largest absolute Gasteiger partial charge is 0.474 e. The molecule has 1 aliphatic rings. The van der Waals surface area contributed by atoms with Gasteiger partial charge in [-0.15, -0.1) is 11.6 Å². The average Bonchev–Trinajstić information content (AvgIpc) is 2.60. The minimum atomic E-state index is -3.49. The Labute approximate surface area is 153 Å². The Morgan fingerprint density at radius 2 is 1.83 bits per heavy atom. The van der Waals surface area contributed by atoms with Crippen LogP contribution in [0, 0.1) is 11.8 Å². The second-order valence-corrected chi connectivity index (χ2v) is 9.08. The first kappa shape index (κ1) is 22.4. The standard InChI is InChI=1S/C18H36ClO4P/c1-4-7-10-16(6-3)14-22-24(20,21-13-5-2)23-15-17-11-8-9-12-18(17)19/h16-18H,4-15H2,1-3H3. The fourth-order valence-electron chi connectivity index (χ4n) is 2.95. The predicted octanol–water partition coefficient (Wildman–Crippen LogP) is 6.57. The molecule has 0 radical (unpaired) electrons. The first-order valence-corrected chi connectivity index (χ1v) is 11.6. The smallest absolute Gasteiger partial charge is 0.287 e. The van der Waals surface area contributed by atoms with Gasteiger partial charge < -0.3 is 0 Å². The molecule has 4 unspecified atom stereocenters. The van der Waals surface area contributed by atoms with Gasteiger partial charge in [-0.1, -0.05) is 52.9 Å². The molecule has 24 heavy (non-hydrogen) atoms. The molecule has 1 fully saturated rings. The zero-order valence-electron chi connectivity index (χ0n) is 15.7. The first-order chi connectivity index (χ1) is 11.5. The summed E-state index contributed by atoms with van der Waals surface area (Å²) in [5.41, 5.74) is 0. The molecule has 4 atom stereocenters. The predicted molar refractivity (Wildman–Crippen MR) is 101 cm³/mol. The summed E-state index contributed by atoms with van der Waals surface area (Å²) in [5.74, 6) is 0.646. The number of halogens is 1. The van der Waals surface area contributed by atoms with E-state index in [0.717, 1.165) is 44.9 Å². The van der Waals surface area contributed by atoms with Crippen LogP contribution in [0.15, 0.2) is 0 Å². The van der Waals surface area contributed by atoms with Crippen LogP contribution in [-0.4, -0.2) is 25.2 Å². The molecule has 0 aromatic carbocycles. The highest BCUT2D eigenvalue weighted by Gasteiger charge is 2.31. The molecule has 0 heterocycles. The maximum absolute atomic E-state index is 12.9. The molecular weight excluding hydrogens is 347 g/mol. The highest BCUT2D eigenvalue weighted by molar-refractivity contribution is 7.48. The van der Waals surface area contributed by atoms with Crippen molar-refractivity contribution in [2.45, 2.75) is 83.9 Å². The summed E-state index contributed by atoms with van der Waals surface area (Å²) in [6.45, 7) is 7.49. The van der Waals surface area contributed by atoms with E-state index in [9.17, 15) is 4.57 Å². The van der Waals surface area contributed by atoms with E-state index < -0.39 is 7.82 Å². The summed E-state index contributed by atoms with van der Waals surface area (Å²) in [5, 5.41) is 0.103. The normalized spacial score (nSPS) is 25.3. The maximum atomic E-state index is 12.9. The molecule has 0 amide bonds. The lowest BCUT2D eigenvalue weighted by molar-refractivity contribution is 0.0816. The Morgan fingerprint density at radius 3 is 2.46 bits per heavy atom. The molecule has 0 aliphatic heterocycles. The van der Waals surface area contributed by atoms with Crippen LogP contribution >= 0.6 is 19.4 Å². The number of rotatable bonds is 13. The second kappa shape index (κ2) is 12.7. The fourth-order valence-corrected chi connectivity index (χ4v) is 4.70. The van der Waals surface area contributed by atoms with Gasteiger partial charge in [-0.25, -0.2) is 4.57 Å². The SMILES string of the molecule is CCCCC(CC)COP(=O)(OCCC)OCC1CCCCC1Cl. The second-order valence-electron chi connectivity index (χ2n) is 6.85. The van der Waals surface area contributed by atoms with E-state index in [-0.39, 0.29) is 11.3 Å². The van der Waals surface area contributed by atoms with Crippen molar-refractivity contribution in [1.82, 2.24) is 0 Å². The van der Waals surface area contributed by atoms with E-state index in [1.165, 1.54) is 12.8 Å². The van der Waals surface area contributed by atoms with Gasteiger partial charge in [-0.3, -0.25) is 13.6 Å². The lowest BCUT2D eigenvalue weighted by Crippen LogP contribution is -2.24. The van der Waals surface area contributed by atoms with Gasteiger partial charge in [0.15, 0.2) is 0 Å². The van der Waals surface area contributed by atoms with Crippen molar-refractivity contribution in [2.75, 3.05) is 19.8 Å². The summed E-state index contributed by atoms with van der Waals surface area (Å²) < 4.78 is 29.7. The molecule has 4 nitrogen and oxygen atoms in total. The van der Waals surface area contributed by atoms with E-state index in [4.69, 9.17) is 25.2 Å². The van der Waals surface area contributed by atoms with E-state index in [1.54, 1.807) is 0 Å². The van der Waals surface area contributed by atoms with Crippen LogP contribution in [0.4, 0.5) is 0 Å². The maximum Gasteiger partial charge on any atom is 0.474 e. The number of phosphoric ester groups is 1. The zero-order chi connectivity index (χ0) is 17.8. The van der Waals surface area contributed by atoms with E-state index in [2.05, 4.69) is 13.8 Å². The first-order valence-electron chi connectivity index (χ1n) is 9.72. The number of alkyl halides is 1. The molecule has 0 saturated heterocycles. The number of unbranched alkanes of at least 4 members (excludes halogenated alkanes) is 1. The highest BCUT2D eigenvalue weighted by atomic mass is 35.5. The van der Waals surface area contributed by atoms with Crippen molar-refractivity contribution < 1.29 is 18.1 Å². The number of phosphoric acid groups is 1. The van der Waals surface area contributed by atoms with Crippen LogP contribution in [0.5, 0.6) is 0 Å². The van der Waals surface area contributed by atoms with Gasteiger partial charge in [-0.2, -0.15) is 0 Å². The molecule has 0 aromatic rings. The molecule has 144 valence electrons. The number of hydrogen-bond acceptors (Lipinski definition) is 4. The molecule has 0 bridgehead atoms. The zero-order valence-corrected chi connectivity index (χ0v) is 17.3. The summed E-state index contributed by atoms with van der Waals surface area (Å²) in [7, 11) is -3.49. The molecule has 0 spiro atoms. The van der Waals surface area contributed by atoms with Gasteiger partial charge in [0.25, 0.3) is 0 Å². The van der Waals surface area contributed by atoms with Crippen LogP contribution in [0.2, 0.25) is 0 Å². The monoisotopic (exact) mass is 382 g/mol. The van der Waals surface area contributed by atoms with E-state index in [0.29, 0.717) is 25.7 Å². The van der Waals surface area contributed by atoms with Crippen molar-refractivity contribution >= 4 is 19.4 Å². The summed E-state index contributed by atoms with van der Waals surface area (Å²) in [6, 6.07) is 0. The third-order valence-electron chi connectivity index (χ3n) is 4.73. The van der Waals surface area contributed by atoms with Crippen molar-refractivity contribution in [1.29, 1.82) is 0 Å². The van der Waals surface area contributed by atoms with Gasteiger partial charge in [-0.05, 0) is 37.5 Å². The topological polar surface area (TPSA) is 44.8 Å². The Balaban J connectivity index is 2.51. The Bertz CT molecular complexity index is 367. The molecule has 0 aromatic heterocycles. The van der Waals surface area contributed by atoms with Gasteiger partial charge in [0.05, 0.1) is 19.8 Å². The molecular formula is C18H36ClO4P. The molecule has 1 saturated carbocycles. The Kier molecular flexibility index (Phi) is 11.9. The lowest BCUT2D eigenvalue weighted by Gasteiger charge is -2.28. The van der Waals surface area contributed by atoms with Gasteiger partial charge >= 0.3 is 7.82 Å². The van der Waals surface area contributed by atoms with Crippen LogP contribution in [0.25, 0.3) is 0 Å². The van der Waals surface area contributed by atoms with E-state index in [1.807, 2.05) is 6.92 Å². The van der Waals surface area contributed by atoms with Gasteiger partial charge in [0.1, 0.15) is 0 Å². The Morgan fingerprint density at radius 1 is 1.08 bits per heavy atom. The van der Waals surface area contributed by atoms with Crippen molar-refractivity contribution in [3.63, 3.8) is 0 Å². The van der Waals surface area contributed by atoms with Crippen molar-refractivity contribution in [3.05, 3.63) is 0 Å². The molecule has 1 rings (SSSR count). The quantitative estimate of drug-likeness (QED) is 0.267. The fraction of sp³-hybridized carbons (Fsp3) is 1.00. The minimum Gasteiger partial charge on any atom is -0.287 e. The lowest BCUT2D eigenvalue weighted by atomic mass is 9.89. The molecule has 6 heteroatoms. The van der Waals surface area contributed by atoms with Crippen LogP contribution in [-0.2, 0) is 18.1 Å². The van der Waals surface area contributed by atoms with Crippen LogP contribution < -0.4 is 0 Å². The van der Waals surface area contributed by atoms with Crippen LogP contribution in [0.1, 0.15) is 78.6 Å². The highest BCUT2D eigenvalue weighted by Crippen LogP contribution is 2.51. The number of hydrogen-bond donors (Lipinski definition) is 0. The Hall–Kier alpha value is 0.400. The van der Waals surface area contributed by atoms with Crippen LogP contribution in [0.3, 0.4) is 0 Å². The molecule has 1 aliphatic carbocycles. The van der Waals surface area contributed by atoms with E-state index >= 15 is 0 Å². The van der Waals surface area contributed by atoms with Gasteiger partial charge in [0, 0.05) is 5.38 Å².